The molecule has 1 amide bonds. The normalized spacial score (nSPS) is 19.6. The Morgan fingerprint density at radius 2 is 1.82 bits per heavy atom. The summed E-state index contributed by atoms with van der Waals surface area (Å²) in [6.45, 7) is 4.52. The van der Waals surface area contributed by atoms with Crippen molar-refractivity contribution in [1.82, 2.24) is 4.90 Å². The third-order valence-corrected chi connectivity index (χ3v) is 4.16. The predicted octanol–water partition coefficient (Wildman–Crippen LogP) is 4.00. The summed E-state index contributed by atoms with van der Waals surface area (Å²) in [5.74, 6) is 0.233. The zero-order chi connectivity index (χ0) is 16.5. The Morgan fingerprint density at radius 1 is 1.23 bits per heavy atom. The van der Waals surface area contributed by atoms with E-state index in [0.29, 0.717) is 11.3 Å². The number of ether oxygens (including phenoxy) is 1. The van der Waals surface area contributed by atoms with E-state index in [9.17, 15) is 18.0 Å². The Hall–Kier alpha value is -1.37. The van der Waals surface area contributed by atoms with Gasteiger partial charge in [0, 0.05) is 0 Å². The molecule has 1 fully saturated rings. The summed E-state index contributed by atoms with van der Waals surface area (Å²) in [6.07, 6.45) is -4.39. The number of alkyl halides is 3. The van der Waals surface area contributed by atoms with E-state index in [-0.39, 0.29) is 11.4 Å². The van der Waals surface area contributed by atoms with Crippen molar-refractivity contribution in [3.05, 3.63) is 29.8 Å². The lowest BCUT2D eigenvalue weighted by Gasteiger charge is -2.26. The molecule has 1 heterocycles. The van der Waals surface area contributed by atoms with Gasteiger partial charge < -0.3 is 9.64 Å². The average Bonchev–Trinajstić information content (AvgIpc) is 2.68. The molecular formula is C15H18F3NO2S. The molecule has 1 aliphatic heterocycles. The first-order valence-electron chi connectivity index (χ1n) is 6.82. The standard InChI is InChI=1S/C15H18F3NO2S/c1-14(2,3)21-11-6-4-10(5-7-11)13-19(9-15(16,17)18)12(20)8-22-13/h4-7,13H,8-9H2,1-3H3. The van der Waals surface area contributed by atoms with Gasteiger partial charge in [-0.15, -0.1) is 11.8 Å². The van der Waals surface area contributed by atoms with E-state index < -0.39 is 24.0 Å². The Balaban J connectivity index is 2.14. The van der Waals surface area contributed by atoms with Crippen LogP contribution in [0.15, 0.2) is 24.3 Å². The molecule has 122 valence electrons. The van der Waals surface area contributed by atoms with Gasteiger partial charge in [-0.25, -0.2) is 0 Å². The van der Waals surface area contributed by atoms with Crippen molar-refractivity contribution in [1.29, 1.82) is 0 Å². The van der Waals surface area contributed by atoms with Gasteiger partial charge in [0.05, 0.1) is 5.75 Å². The number of hydrogen-bond acceptors (Lipinski definition) is 3. The minimum absolute atomic E-state index is 0.0704. The summed E-state index contributed by atoms with van der Waals surface area (Å²) in [6, 6.07) is 6.85. The molecule has 0 aliphatic carbocycles. The molecule has 0 N–H and O–H groups in total. The number of benzene rings is 1. The van der Waals surface area contributed by atoms with E-state index in [4.69, 9.17) is 4.74 Å². The molecule has 7 heteroatoms. The van der Waals surface area contributed by atoms with Crippen LogP contribution < -0.4 is 4.74 Å². The van der Waals surface area contributed by atoms with Crippen molar-refractivity contribution in [3.63, 3.8) is 0 Å². The zero-order valence-electron chi connectivity index (χ0n) is 12.6. The van der Waals surface area contributed by atoms with Gasteiger partial charge in [-0.2, -0.15) is 13.2 Å². The predicted molar refractivity (Wildman–Crippen MR) is 79.8 cm³/mol. The lowest BCUT2D eigenvalue weighted by atomic mass is 10.1. The fourth-order valence-corrected chi connectivity index (χ4v) is 3.34. The van der Waals surface area contributed by atoms with Crippen molar-refractivity contribution in [2.24, 2.45) is 0 Å². The lowest BCUT2D eigenvalue weighted by Crippen LogP contribution is -2.37. The summed E-state index contributed by atoms with van der Waals surface area (Å²) >= 11 is 1.21. The molecule has 1 aromatic rings. The maximum Gasteiger partial charge on any atom is 0.406 e. The van der Waals surface area contributed by atoms with Gasteiger partial charge >= 0.3 is 6.18 Å². The third-order valence-electron chi connectivity index (χ3n) is 2.91. The van der Waals surface area contributed by atoms with Crippen LogP contribution >= 0.6 is 11.8 Å². The number of halogens is 3. The van der Waals surface area contributed by atoms with Gasteiger partial charge in [-0.1, -0.05) is 12.1 Å². The summed E-state index contributed by atoms with van der Waals surface area (Å²) in [5.41, 5.74) is 0.323. The molecule has 1 aromatic carbocycles. The van der Waals surface area contributed by atoms with Crippen molar-refractivity contribution in [3.8, 4) is 5.75 Å². The van der Waals surface area contributed by atoms with E-state index in [0.717, 1.165) is 4.90 Å². The second-order valence-corrected chi connectivity index (χ2v) is 7.15. The number of rotatable bonds is 3. The number of carbonyl (C=O) groups is 1. The van der Waals surface area contributed by atoms with Crippen LogP contribution in [0, 0.1) is 0 Å². The van der Waals surface area contributed by atoms with Crippen molar-refractivity contribution < 1.29 is 22.7 Å². The molecule has 1 atom stereocenters. The molecule has 1 saturated heterocycles. The highest BCUT2D eigenvalue weighted by Gasteiger charge is 2.40. The molecule has 0 saturated carbocycles. The van der Waals surface area contributed by atoms with Crippen molar-refractivity contribution in [2.45, 2.75) is 37.9 Å². The van der Waals surface area contributed by atoms with Crippen LogP contribution in [0.1, 0.15) is 31.7 Å². The van der Waals surface area contributed by atoms with Gasteiger partial charge in [-0.3, -0.25) is 4.79 Å². The van der Waals surface area contributed by atoms with Gasteiger partial charge in [0.25, 0.3) is 0 Å². The zero-order valence-corrected chi connectivity index (χ0v) is 13.4. The van der Waals surface area contributed by atoms with Crippen LogP contribution in [0.4, 0.5) is 13.2 Å². The van der Waals surface area contributed by atoms with Gasteiger partial charge in [0.15, 0.2) is 0 Å². The first-order chi connectivity index (χ1) is 10.1. The average molecular weight is 333 g/mol. The Morgan fingerprint density at radius 3 is 2.32 bits per heavy atom. The molecule has 2 rings (SSSR count). The lowest BCUT2D eigenvalue weighted by molar-refractivity contribution is -0.159. The summed E-state index contributed by atoms with van der Waals surface area (Å²) < 4.78 is 43.5. The summed E-state index contributed by atoms with van der Waals surface area (Å²) in [7, 11) is 0. The number of thioether (sulfide) groups is 1. The Labute approximate surface area is 131 Å². The molecule has 1 unspecified atom stereocenters. The van der Waals surface area contributed by atoms with Gasteiger partial charge in [0.2, 0.25) is 5.91 Å². The number of hydrogen-bond donors (Lipinski definition) is 0. The first kappa shape index (κ1) is 17.0. The summed E-state index contributed by atoms with van der Waals surface area (Å²) in [5, 5.41) is -0.599. The molecule has 0 aromatic heterocycles. The van der Waals surface area contributed by atoms with E-state index >= 15 is 0 Å². The highest BCUT2D eigenvalue weighted by atomic mass is 32.2. The van der Waals surface area contributed by atoms with Crippen LogP contribution in [-0.2, 0) is 4.79 Å². The van der Waals surface area contributed by atoms with Crippen LogP contribution in [-0.4, -0.2) is 34.9 Å². The van der Waals surface area contributed by atoms with Crippen molar-refractivity contribution >= 4 is 17.7 Å². The van der Waals surface area contributed by atoms with E-state index in [1.165, 1.54) is 11.8 Å². The fraction of sp³-hybridized carbons (Fsp3) is 0.533. The van der Waals surface area contributed by atoms with Gasteiger partial charge in [-0.05, 0) is 38.5 Å². The van der Waals surface area contributed by atoms with Crippen molar-refractivity contribution in [2.75, 3.05) is 12.3 Å². The van der Waals surface area contributed by atoms with E-state index in [2.05, 4.69) is 0 Å². The molecule has 22 heavy (non-hydrogen) atoms. The molecule has 0 radical (unpaired) electrons. The fourth-order valence-electron chi connectivity index (χ4n) is 2.15. The van der Waals surface area contributed by atoms with Gasteiger partial charge in [0.1, 0.15) is 23.3 Å². The quantitative estimate of drug-likeness (QED) is 0.837. The topological polar surface area (TPSA) is 29.5 Å². The maximum absolute atomic E-state index is 12.6. The molecule has 0 spiro atoms. The second-order valence-electron chi connectivity index (χ2n) is 6.08. The molecule has 1 aliphatic rings. The Bertz CT molecular complexity index is 537. The van der Waals surface area contributed by atoms with Crippen LogP contribution in [0.2, 0.25) is 0 Å². The largest absolute Gasteiger partial charge is 0.488 e. The van der Waals surface area contributed by atoms with Crippen LogP contribution in [0.5, 0.6) is 5.75 Å². The molecule has 0 bridgehead atoms. The monoisotopic (exact) mass is 333 g/mol. The maximum atomic E-state index is 12.6. The summed E-state index contributed by atoms with van der Waals surface area (Å²) in [4.78, 5) is 12.5. The number of carbonyl (C=O) groups excluding carboxylic acids is 1. The highest BCUT2D eigenvalue weighted by molar-refractivity contribution is 8.00. The minimum Gasteiger partial charge on any atom is -0.488 e. The third kappa shape index (κ3) is 4.56. The minimum atomic E-state index is -4.39. The highest BCUT2D eigenvalue weighted by Crippen LogP contribution is 2.40. The van der Waals surface area contributed by atoms with Crippen LogP contribution in [0.25, 0.3) is 0 Å². The van der Waals surface area contributed by atoms with E-state index in [1.807, 2.05) is 20.8 Å². The second kappa shape index (κ2) is 6.02. The van der Waals surface area contributed by atoms with Crippen LogP contribution in [0.3, 0.4) is 0 Å². The SMILES string of the molecule is CC(C)(C)Oc1ccc(C2SCC(=O)N2CC(F)(F)F)cc1. The smallest absolute Gasteiger partial charge is 0.406 e. The first-order valence-corrected chi connectivity index (χ1v) is 7.87. The Kier molecular flexibility index (Phi) is 4.65. The number of amides is 1. The number of nitrogens with zero attached hydrogens (tertiary/aromatic N) is 1. The molecular weight excluding hydrogens is 315 g/mol. The molecule has 3 nitrogen and oxygen atoms in total. The van der Waals surface area contributed by atoms with E-state index in [1.54, 1.807) is 24.3 Å².